The summed E-state index contributed by atoms with van der Waals surface area (Å²) >= 11 is 14.7. The minimum atomic E-state index is 0.852. The smallest absolute Gasteiger partial charge is 0.153 e. The third kappa shape index (κ3) is 2.72. The Morgan fingerprint density at radius 2 is 1.41 bits per heavy atom. The lowest BCUT2D eigenvalue weighted by atomic mass is 10.0. The van der Waals surface area contributed by atoms with Gasteiger partial charge in [-0.1, -0.05) is 52.3 Å². The van der Waals surface area contributed by atoms with Crippen LogP contribution in [0.5, 0.6) is 0 Å². The van der Waals surface area contributed by atoms with Crippen LogP contribution in [0, 0.1) is 0 Å². The zero-order valence-corrected chi connectivity index (χ0v) is 20.0. The number of rotatable bonds is 1. The van der Waals surface area contributed by atoms with E-state index in [9.17, 15) is 0 Å². The number of fused-ring (bicyclic) bond motifs is 6. The lowest BCUT2D eigenvalue weighted by Gasteiger charge is -2.08. The van der Waals surface area contributed by atoms with Crippen molar-refractivity contribution in [1.29, 1.82) is 0 Å². The molecule has 0 radical (unpaired) electrons. The van der Waals surface area contributed by atoms with E-state index in [4.69, 9.17) is 4.98 Å². The SMILES string of the molecule is Brc1ccc2c(c1)c1ccccc1c1nc(-c3c(Br)cccc3Br)n(Br)c21. The molecule has 0 aliphatic rings. The molecule has 132 valence electrons. The van der Waals surface area contributed by atoms with Crippen LogP contribution < -0.4 is 0 Å². The highest BCUT2D eigenvalue weighted by Gasteiger charge is 2.20. The van der Waals surface area contributed by atoms with Crippen molar-refractivity contribution in [2.75, 3.05) is 0 Å². The predicted octanol–water partition coefficient (Wildman–Crippen LogP) is 8.46. The van der Waals surface area contributed by atoms with Crippen molar-refractivity contribution in [3.63, 3.8) is 0 Å². The van der Waals surface area contributed by atoms with Crippen LogP contribution in [0.4, 0.5) is 0 Å². The molecule has 1 heterocycles. The molecule has 0 fully saturated rings. The van der Waals surface area contributed by atoms with Crippen LogP contribution >= 0.6 is 63.9 Å². The third-order valence-corrected chi connectivity index (χ3v) is 7.23. The minimum Gasteiger partial charge on any atom is -0.257 e. The molecule has 5 aromatic rings. The van der Waals surface area contributed by atoms with Crippen molar-refractivity contribution in [3.05, 3.63) is 74.1 Å². The highest BCUT2D eigenvalue weighted by atomic mass is 79.9. The van der Waals surface area contributed by atoms with Gasteiger partial charge in [-0.25, -0.2) is 4.98 Å². The molecule has 0 N–H and O–H groups in total. The summed E-state index contributed by atoms with van der Waals surface area (Å²) in [7, 11) is 0. The second-order valence-electron chi connectivity index (χ2n) is 6.25. The first-order valence-corrected chi connectivity index (χ1v) is 11.3. The van der Waals surface area contributed by atoms with Crippen molar-refractivity contribution < 1.29 is 0 Å². The predicted molar refractivity (Wildman–Crippen MR) is 128 cm³/mol. The van der Waals surface area contributed by atoms with Gasteiger partial charge in [-0.05, 0) is 66.9 Å². The Hall–Kier alpha value is -1.21. The van der Waals surface area contributed by atoms with Crippen LogP contribution in [0.2, 0.25) is 0 Å². The van der Waals surface area contributed by atoms with Gasteiger partial charge in [0, 0.05) is 29.8 Å². The molecule has 0 bridgehead atoms. The largest absolute Gasteiger partial charge is 0.257 e. The summed E-state index contributed by atoms with van der Waals surface area (Å²) in [5.41, 5.74) is 3.06. The van der Waals surface area contributed by atoms with Crippen molar-refractivity contribution in [2.24, 2.45) is 0 Å². The monoisotopic (exact) mass is 606 g/mol. The number of benzene rings is 4. The molecule has 5 rings (SSSR count). The number of hydrogen-bond acceptors (Lipinski definition) is 1. The molecular formula is C21H10Br4N2. The molecule has 0 spiro atoms. The van der Waals surface area contributed by atoms with Gasteiger partial charge in [0.2, 0.25) is 0 Å². The maximum atomic E-state index is 5.05. The highest BCUT2D eigenvalue weighted by molar-refractivity contribution is 9.11. The van der Waals surface area contributed by atoms with Crippen molar-refractivity contribution in [1.82, 2.24) is 8.58 Å². The van der Waals surface area contributed by atoms with E-state index >= 15 is 0 Å². The van der Waals surface area contributed by atoms with E-state index < -0.39 is 0 Å². The Morgan fingerprint density at radius 3 is 2.15 bits per heavy atom. The Labute approximate surface area is 189 Å². The summed E-state index contributed by atoms with van der Waals surface area (Å²) in [6.07, 6.45) is 0. The van der Waals surface area contributed by atoms with Crippen LogP contribution in [0.25, 0.3) is 44.0 Å². The van der Waals surface area contributed by atoms with Gasteiger partial charge in [-0.2, -0.15) is 0 Å². The number of hydrogen-bond donors (Lipinski definition) is 0. The fourth-order valence-corrected chi connectivity index (χ4v) is 5.89. The maximum Gasteiger partial charge on any atom is 0.153 e. The molecule has 0 atom stereocenters. The van der Waals surface area contributed by atoms with E-state index in [0.717, 1.165) is 46.6 Å². The van der Waals surface area contributed by atoms with E-state index in [1.807, 2.05) is 21.8 Å². The van der Waals surface area contributed by atoms with E-state index in [1.165, 1.54) is 10.8 Å². The molecule has 6 heteroatoms. The average Bonchev–Trinajstić information content (AvgIpc) is 2.99. The van der Waals surface area contributed by atoms with Crippen LogP contribution in [-0.4, -0.2) is 8.58 Å². The quantitative estimate of drug-likeness (QED) is 0.174. The average molecular weight is 610 g/mol. The van der Waals surface area contributed by atoms with Gasteiger partial charge in [0.1, 0.15) is 0 Å². The lowest BCUT2D eigenvalue weighted by molar-refractivity contribution is 1.28. The number of halogens is 4. The van der Waals surface area contributed by atoms with Gasteiger partial charge >= 0.3 is 0 Å². The second-order valence-corrected chi connectivity index (χ2v) is 9.58. The van der Waals surface area contributed by atoms with E-state index in [-0.39, 0.29) is 0 Å². The van der Waals surface area contributed by atoms with Crippen molar-refractivity contribution >= 4 is 96.5 Å². The third-order valence-electron chi connectivity index (χ3n) is 4.72. The van der Waals surface area contributed by atoms with Gasteiger partial charge in [0.05, 0.1) is 27.2 Å². The fourth-order valence-electron chi connectivity index (χ4n) is 3.56. The number of imidazole rings is 1. The summed E-state index contributed by atoms with van der Waals surface area (Å²) in [5.74, 6) is 0.852. The Kier molecular flexibility index (Phi) is 4.43. The first-order valence-electron chi connectivity index (χ1n) is 8.19. The summed E-state index contributed by atoms with van der Waals surface area (Å²) in [4.78, 5) is 5.05. The molecule has 0 aliphatic carbocycles. The molecule has 0 unspecified atom stereocenters. The number of nitrogens with zero attached hydrogens (tertiary/aromatic N) is 2. The van der Waals surface area contributed by atoms with Crippen LogP contribution in [0.3, 0.4) is 0 Å². The molecule has 0 saturated heterocycles. The highest BCUT2D eigenvalue weighted by Crippen LogP contribution is 2.42. The maximum absolute atomic E-state index is 5.05. The van der Waals surface area contributed by atoms with Gasteiger partial charge in [-0.3, -0.25) is 3.59 Å². The molecule has 27 heavy (non-hydrogen) atoms. The van der Waals surface area contributed by atoms with Gasteiger partial charge in [0.25, 0.3) is 0 Å². The molecule has 0 saturated carbocycles. The Balaban J connectivity index is 2.03. The summed E-state index contributed by atoms with van der Waals surface area (Å²) < 4.78 is 5.05. The van der Waals surface area contributed by atoms with E-state index in [1.54, 1.807) is 0 Å². The second kappa shape index (κ2) is 6.69. The number of aromatic nitrogens is 2. The fraction of sp³-hybridized carbons (Fsp3) is 0. The zero-order chi connectivity index (χ0) is 18.7. The molecule has 1 aromatic heterocycles. The van der Waals surface area contributed by atoms with Crippen molar-refractivity contribution in [3.8, 4) is 11.4 Å². The molecule has 0 amide bonds. The minimum absolute atomic E-state index is 0.852. The molecule has 0 aliphatic heterocycles. The van der Waals surface area contributed by atoms with Gasteiger partial charge in [0.15, 0.2) is 5.82 Å². The normalized spacial score (nSPS) is 11.7. The Bertz CT molecular complexity index is 1350. The molecule has 2 nitrogen and oxygen atoms in total. The van der Waals surface area contributed by atoms with Crippen LogP contribution in [0.1, 0.15) is 0 Å². The zero-order valence-electron chi connectivity index (χ0n) is 13.7. The van der Waals surface area contributed by atoms with Gasteiger partial charge < -0.3 is 0 Å². The Morgan fingerprint density at radius 1 is 0.704 bits per heavy atom. The van der Waals surface area contributed by atoms with Crippen LogP contribution in [0.15, 0.2) is 74.1 Å². The summed E-state index contributed by atoms with van der Waals surface area (Å²) in [6, 6.07) is 20.9. The van der Waals surface area contributed by atoms with Crippen molar-refractivity contribution in [2.45, 2.75) is 0 Å². The summed E-state index contributed by atoms with van der Waals surface area (Å²) in [6.45, 7) is 0. The van der Waals surface area contributed by atoms with Gasteiger partial charge in [-0.15, -0.1) is 0 Å². The molecule has 4 aromatic carbocycles. The van der Waals surface area contributed by atoms with E-state index in [2.05, 4.69) is 106 Å². The van der Waals surface area contributed by atoms with Crippen LogP contribution in [-0.2, 0) is 0 Å². The lowest BCUT2D eigenvalue weighted by Crippen LogP contribution is -1.89. The first kappa shape index (κ1) is 17.9. The summed E-state index contributed by atoms with van der Waals surface area (Å²) in [5, 5.41) is 4.70. The van der Waals surface area contributed by atoms with E-state index in [0.29, 0.717) is 0 Å². The first-order chi connectivity index (χ1) is 13.1. The standard InChI is InChI=1S/C21H10Br4N2/c22-11-8-9-14-15(10-11)12-4-1-2-5-13(12)19-20(14)27(25)21(26-19)18-16(23)6-3-7-17(18)24/h1-10H. The topological polar surface area (TPSA) is 17.8 Å². The molecular weight excluding hydrogens is 600 g/mol.